The Morgan fingerprint density at radius 2 is 1.79 bits per heavy atom. The zero-order chi connectivity index (χ0) is 24.6. The number of hydrogen-bond acceptors (Lipinski definition) is 2. The molecule has 0 heterocycles. The molecule has 0 bridgehead atoms. The molecular weight excluding hydrogens is 508 g/mol. The normalized spacial score (nSPS) is 18.3. The van der Waals surface area contributed by atoms with Crippen LogP contribution in [-0.4, -0.2) is 16.8 Å². The van der Waals surface area contributed by atoms with Crippen LogP contribution in [0.1, 0.15) is 27.4 Å². The van der Waals surface area contributed by atoms with Crippen molar-refractivity contribution in [2.45, 2.75) is 10.3 Å². The Bertz CT molecular complexity index is 1280. The van der Waals surface area contributed by atoms with Gasteiger partial charge in [0.15, 0.2) is 0 Å². The summed E-state index contributed by atoms with van der Waals surface area (Å²) in [5.74, 6) is -3.23. The van der Waals surface area contributed by atoms with E-state index in [-0.39, 0.29) is 28.1 Å². The summed E-state index contributed by atoms with van der Waals surface area (Å²) < 4.78 is 40.1. The molecule has 0 radical (unpaired) electrons. The van der Waals surface area contributed by atoms with Gasteiger partial charge in [-0.3, -0.25) is 4.79 Å². The first-order chi connectivity index (χ1) is 16.1. The number of anilines is 2. The molecule has 0 spiro atoms. The van der Waals surface area contributed by atoms with E-state index in [4.69, 9.17) is 34.8 Å². The monoisotopic (exact) mass is 524 g/mol. The van der Waals surface area contributed by atoms with E-state index in [2.05, 4.69) is 17.2 Å². The van der Waals surface area contributed by atoms with Crippen molar-refractivity contribution < 1.29 is 18.0 Å². The summed E-state index contributed by atoms with van der Waals surface area (Å²) in [6.45, 7) is 3.92. The second-order valence-corrected chi connectivity index (χ2v) is 9.75. The van der Waals surface area contributed by atoms with Gasteiger partial charge in [-0.15, -0.1) is 23.2 Å². The minimum atomic E-state index is -1.08. The van der Waals surface area contributed by atoms with E-state index in [9.17, 15) is 18.0 Å². The van der Waals surface area contributed by atoms with Gasteiger partial charge in [0.2, 0.25) is 0 Å². The van der Waals surface area contributed by atoms with E-state index in [1.54, 1.807) is 18.2 Å². The van der Waals surface area contributed by atoms with Crippen LogP contribution in [-0.2, 0) is 0 Å². The molecule has 1 aliphatic carbocycles. The number of amides is 1. The number of hydrogen-bond donors (Lipinski definition) is 2. The van der Waals surface area contributed by atoms with Crippen LogP contribution < -0.4 is 10.6 Å². The molecule has 3 aromatic carbocycles. The maximum Gasteiger partial charge on any atom is 0.257 e. The highest BCUT2D eigenvalue weighted by Gasteiger charge is 2.63. The standard InChI is InChI=1S/C25H18Cl3F3N2O/c1-2-13-3-4-14(9-20(13)30)23-18(25(23,27)28)12-32-16-6-7-19(26)17(11-16)24(34)33-22-8-5-15(29)10-21(22)31/h2-11,18,23,32H,1,12H2,(H,33,34). The van der Waals surface area contributed by atoms with Gasteiger partial charge in [-0.05, 0) is 42.0 Å². The van der Waals surface area contributed by atoms with Crippen LogP contribution in [0.3, 0.4) is 0 Å². The second-order valence-electron chi connectivity index (χ2n) is 7.90. The van der Waals surface area contributed by atoms with Crippen LogP contribution in [0.15, 0.2) is 61.2 Å². The lowest BCUT2D eigenvalue weighted by Gasteiger charge is -2.11. The first-order valence-electron chi connectivity index (χ1n) is 10.2. The third-order valence-corrected chi connectivity index (χ3v) is 7.08. The lowest BCUT2D eigenvalue weighted by atomic mass is 10.1. The lowest BCUT2D eigenvalue weighted by molar-refractivity contribution is 0.102. The zero-order valence-corrected chi connectivity index (χ0v) is 19.8. The van der Waals surface area contributed by atoms with Crippen molar-refractivity contribution >= 4 is 58.2 Å². The highest BCUT2D eigenvalue weighted by Crippen LogP contribution is 2.64. The molecule has 34 heavy (non-hydrogen) atoms. The molecule has 176 valence electrons. The van der Waals surface area contributed by atoms with E-state index in [1.165, 1.54) is 24.3 Å². The van der Waals surface area contributed by atoms with Crippen LogP contribution in [0.25, 0.3) is 6.08 Å². The molecule has 3 aromatic rings. The Balaban J connectivity index is 1.46. The summed E-state index contributed by atoms with van der Waals surface area (Å²) in [5, 5.41) is 5.69. The molecule has 0 saturated heterocycles. The Kier molecular flexibility index (Phi) is 6.85. The molecular formula is C25H18Cl3F3N2O. The number of benzene rings is 3. The number of alkyl halides is 2. The fourth-order valence-corrected chi connectivity index (χ4v) is 4.86. The van der Waals surface area contributed by atoms with Gasteiger partial charge in [-0.25, -0.2) is 13.2 Å². The van der Waals surface area contributed by atoms with Gasteiger partial charge in [-0.2, -0.15) is 0 Å². The molecule has 2 unspecified atom stereocenters. The van der Waals surface area contributed by atoms with E-state index in [0.717, 1.165) is 12.1 Å². The Morgan fingerprint density at radius 1 is 1.03 bits per heavy atom. The van der Waals surface area contributed by atoms with Crippen LogP contribution in [0, 0.1) is 23.4 Å². The Morgan fingerprint density at radius 3 is 2.47 bits per heavy atom. The molecule has 9 heteroatoms. The third-order valence-electron chi connectivity index (χ3n) is 5.72. The van der Waals surface area contributed by atoms with Crippen LogP contribution in [0.2, 0.25) is 5.02 Å². The Hall–Kier alpha value is -2.67. The molecule has 0 aliphatic heterocycles. The van der Waals surface area contributed by atoms with Gasteiger partial charge in [0.25, 0.3) is 5.91 Å². The van der Waals surface area contributed by atoms with Gasteiger partial charge >= 0.3 is 0 Å². The number of carbonyl (C=O) groups excluding carboxylic acids is 1. The van der Waals surface area contributed by atoms with Gasteiger partial charge in [0, 0.05) is 35.7 Å². The van der Waals surface area contributed by atoms with E-state index >= 15 is 0 Å². The lowest BCUT2D eigenvalue weighted by Crippen LogP contribution is -2.15. The zero-order valence-electron chi connectivity index (χ0n) is 17.5. The molecule has 3 nitrogen and oxygen atoms in total. The number of nitrogens with one attached hydrogen (secondary N) is 2. The maximum atomic E-state index is 14.2. The fourth-order valence-electron chi connectivity index (χ4n) is 3.82. The summed E-state index contributed by atoms with van der Waals surface area (Å²) >= 11 is 19.1. The van der Waals surface area contributed by atoms with Crippen LogP contribution in [0.4, 0.5) is 24.5 Å². The van der Waals surface area contributed by atoms with Crippen molar-refractivity contribution in [1.29, 1.82) is 0 Å². The summed E-state index contributed by atoms with van der Waals surface area (Å²) in [6.07, 6.45) is 1.43. The summed E-state index contributed by atoms with van der Waals surface area (Å²) in [5.41, 5.74) is 1.54. The summed E-state index contributed by atoms with van der Waals surface area (Å²) in [7, 11) is 0. The predicted octanol–water partition coefficient (Wildman–Crippen LogP) is 7.65. The van der Waals surface area contributed by atoms with Gasteiger partial charge in [0.1, 0.15) is 21.8 Å². The maximum absolute atomic E-state index is 14.2. The first kappa shape index (κ1) is 24.5. The molecule has 1 aliphatic rings. The smallest absolute Gasteiger partial charge is 0.257 e. The van der Waals surface area contributed by atoms with Crippen LogP contribution >= 0.6 is 34.8 Å². The van der Waals surface area contributed by atoms with Crippen molar-refractivity contribution in [3.05, 3.63) is 100 Å². The molecule has 1 fully saturated rings. The van der Waals surface area contributed by atoms with Crippen molar-refractivity contribution in [3.63, 3.8) is 0 Å². The minimum Gasteiger partial charge on any atom is -0.385 e. The molecule has 2 N–H and O–H groups in total. The first-order valence-corrected chi connectivity index (χ1v) is 11.3. The molecule has 1 amide bonds. The Labute approximate surface area is 209 Å². The van der Waals surface area contributed by atoms with E-state index in [1.807, 2.05) is 0 Å². The van der Waals surface area contributed by atoms with E-state index < -0.39 is 27.7 Å². The predicted molar refractivity (Wildman–Crippen MR) is 131 cm³/mol. The summed E-state index contributed by atoms with van der Waals surface area (Å²) in [6, 6.07) is 12.3. The van der Waals surface area contributed by atoms with Gasteiger partial charge in [-0.1, -0.05) is 36.4 Å². The van der Waals surface area contributed by atoms with Crippen molar-refractivity contribution in [2.75, 3.05) is 17.2 Å². The topological polar surface area (TPSA) is 41.1 Å². The third kappa shape index (κ3) is 4.90. The highest BCUT2D eigenvalue weighted by atomic mass is 35.5. The van der Waals surface area contributed by atoms with Crippen molar-refractivity contribution in [1.82, 2.24) is 0 Å². The number of carbonyl (C=O) groups is 1. The SMILES string of the molecule is C=Cc1ccc(C2C(CNc3ccc(Cl)c(C(=O)Nc4ccc(F)cc4F)c3)C2(Cl)Cl)cc1F. The fraction of sp³-hybridized carbons (Fsp3) is 0.160. The average molecular weight is 526 g/mol. The molecule has 0 aromatic heterocycles. The minimum absolute atomic E-state index is 0.0906. The molecule has 2 atom stereocenters. The molecule has 4 rings (SSSR count). The highest BCUT2D eigenvalue weighted by molar-refractivity contribution is 6.52. The van der Waals surface area contributed by atoms with Crippen LogP contribution in [0.5, 0.6) is 0 Å². The summed E-state index contributed by atoms with van der Waals surface area (Å²) in [4.78, 5) is 12.6. The van der Waals surface area contributed by atoms with Gasteiger partial charge in [0.05, 0.1) is 16.3 Å². The van der Waals surface area contributed by atoms with E-state index in [0.29, 0.717) is 29.4 Å². The van der Waals surface area contributed by atoms with Gasteiger partial charge < -0.3 is 10.6 Å². The molecule has 1 saturated carbocycles. The second kappa shape index (κ2) is 9.53. The quantitative estimate of drug-likeness (QED) is 0.311. The largest absolute Gasteiger partial charge is 0.385 e. The number of rotatable bonds is 7. The van der Waals surface area contributed by atoms with Crippen molar-refractivity contribution in [3.8, 4) is 0 Å². The average Bonchev–Trinajstić information content (AvgIpc) is 3.35. The number of halogens is 6. The van der Waals surface area contributed by atoms with Crippen molar-refractivity contribution in [2.24, 2.45) is 5.92 Å².